The van der Waals surface area contributed by atoms with Crippen LogP contribution in [0.5, 0.6) is 0 Å². The van der Waals surface area contributed by atoms with Crippen LogP contribution in [0.3, 0.4) is 0 Å². The van der Waals surface area contributed by atoms with E-state index in [0.717, 1.165) is 18.9 Å². The smallest absolute Gasteiger partial charge is 0.131 e. The van der Waals surface area contributed by atoms with Crippen molar-refractivity contribution in [3.05, 3.63) is 23.8 Å². The average molecular weight is 247 g/mol. The van der Waals surface area contributed by atoms with E-state index >= 15 is 0 Å². The van der Waals surface area contributed by atoms with Crippen molar-refractivity contribution in [2.45, 2.75) is 58.9 Å². The van der Waals surface area contributed by atoms with Crippen LogP contribution < -0.4 is 5.32 Å². The van der Waals surface area contributed by atoms with Crippen molar-refractivity contribution in [3.63, 3.8) is 0 Å². The highest BCUT2D eigenvalue weighted by Crippen LogP contribution is 2.41. The lowest BCUT2D eigenvalue weighted by Gasteiger charge is -2.33. The van der Waals surface area contributed by atoms with Crippen molar-refractivity contribution in [1.29, 1.82) is 0 Å². The molecule has 3 nitrogen and oxygen atoms in total. The number of nitrogens with one attached hydrogen (secondary N) is 1. The van der Waals surface area contributed by atoms with E-state index in [0.29, 0.717) is 11.3 Å². The van der Waals surface area contributed by atoms with Gasteiger partial charge >= 0.3 is 0 Å². The fourth-order valence-electron chi connectivity index (χ4n) is 2.59. The molecule has 0 aliphatic heterocycles. The minimum absolute atomic E-state index is 0.515. The van der Waals surface area contributed by atoms with Gasteiger partial charge in [0.25, 0.3) is 0 Å². The normalized spacial score (nSPS) is 19.9. The molecule has 3 heteroatoms. The van der Waals surface area contributed by atoms with Crippen LogP contribution >= 0.6 is 0 Å². The number of hydrogen-bond acceptors (Lipinski definition) is 3. The molecule has 1 aromatic heterocycles. The topological polar surface area (TPSA) is 37.8 Å². The summed E-state index contributed by atoms with van der Waals surface area (Å²) < 4.78 is 0. The summed E-state index contributed by atoms with van der Waals surface area (Å²) in [6.45, 7) is 8.69. The van der Waals surface area contributed by atoms with Crippen molar-refractivity contribution >= 4 is 0 Å². The summed E-state index contributed by atoms with van der Waals surface area (Å²) >= 11 is 0. The van der Waals surface area contributed by atoms with Crippen LogP contribution in [-0.4, -0.2) is 16.5 Å². The molecule has 1 heterocycles. The molecule has 1 aliphatic rings. The molecule has 0 atom stereocenters. The van der Waals surface area contributed by atoms with E-state index in [1.807, 2.05) is 12.4 Å². The molecule has 0 radical (unpaired) electrons. The summed E-state index contributed by atoms with van der Waals surface area (Å²) in [5, 5.41) is 3.29. The van der Waals surface area contributed by atoms with Gasteiger partial charge in [0.15, 0.2) is 0 Å². The van der Waals surface area contributed by atoms with Crippen molar-refractivity contribution in [1.82, 2.24) is 15.3 Å². The van der Waals surface area contributed by atoms with Crippen LogP contribution in [0.15, 0.2) is 12.4 Å². The zero-order valence-electron chi connectivity index (χ0n) is 11.9. The second kappa shape index (κ2) is 5.79. The van der Waals surface area contributed by atoms with Gasteiger partial charge in [0.2, 0.25) is 0 Å². The van der Waals surface area contributed by atoms with Gasteiger partial charge in [-0.2, -0.15) is 0 Å². The van der Waals surface area contributed by atoms with Crippen LogP contribution in [0.4, 0.5) is 0 Å². The predicted octanol–water partition coefficient (Wildman–Crippen LogP) is 3.27. The molecule has 0 saturated heterocycles. The predicted molar refractivity (Wildman–Crippen MR) is 74.4 cm³/mol. The van der Waals surface area contributed by atoms with Gasteiger partial charge in [0.05, 0.1) is 0 Å². The Balaban J connectivity index is 1.94. The molecule has 18 heavy (non-hydrogen) atoms. The van der Waals surface area contributed by atoms with Gasteiger partial charge in [-0.3, -0.25) is 0 Å². The molecular formula is C15H25N3. The third kappa shape index (κ3) is 3.52. The Morgan fingerprint density at radius 1 is 1.22 bits per heavy atom. The van der Waals surface area contributed by atoms with Crippen molar-refractivity contribution < 1.29 is 0 Å². The minimum atomic E-state index is 0.515. The van der Waals surface area contributed by atoms with Gasteiger partial charge in [-0.25, -0.2) is 9.97 Å². The number of nitrogens with zero attached hydrogens (tertiary/aromatic N) is 2. The van der Waals surface area contributed by atoms with Crippen molar-refractivity contribution in [3.8, 4) is 0 Å². The first kappa shape index (κ1) is 13.5. The quantitative estimate of drug-likeness (QED) is 0.887. The molecule has 0 unspecified atom stereocenters. The molecule has 0 aromatic carbocycles. The van der Waals surface area contributed by atoms with Crippen LogP contribution in [0.1, 0.15) is 63.8 Å². The van der Waals surface area contributed by atoms with Crippen LogP contribution in [-0.2, 0) is 6.54 Å². The highest BCUT2D eigenvalue weighted by atomic mass is 14.9. The zero-order valence-corrected chi connectivity index (χ0v) is 11.9. The SMILES string of the molecule is CCNCc1cnc(C2CCC(C)(C)CC2)nc1. The molecule has 2 rings (SSSR count). The Morgan fingerprint density at radius 3 is 2.39 bits per heavy atom. The van der Waals surface area contributed by atoms with Gasteiger partial charge in [-0.1, -0.05) is 20.8 Å². The van der Waals surface area contributed by atoms with Crippen molar-refractivity contribution in [2.24, 2.45) is 5.41 Å². The maximum Gasteiger partial charge on any atom is 0.131 e. The number of hydrogen-bond donors (Lipinski definition) is 1. The molecule has 0 bridgehead atoms. The van der Waals surface area contributed by atoms with E-state index in [4.69, 9.17) is 0 Å². The molecular weight excluding hydrogens is 222 g/mol. The lowest BCUT2D eigenvalue weighted by atomic mass is 9.73. The second-order valence-corrected chi connectivity index (χ2v) is 6.17. The molecule has 1 N–H and O–H groups in total. The standard InChI is InChI=1S/C15H25N3/c1-4-16-9-12-10-17-14(18-11-12)13-5-7-15(2,3)8-6-13/h10-11,13,16H,4-9H2,1-3H3. The lowest BCUT2D eigenvalue weighted by molar-refractivity contribution is 0.220. The van der Waals surface area contributed by atoms with Crippen LogP contribution in [0.2, 0.25) is 0 Å². The average Bonchev–Trinajstić information content (AvgIpc) is 2.37. The summed E-state index contributed by atoms with van der Waals surface area (Å²) in [7, 11) is 0. The van der Waals surface area contributed by atoms with Gasteiger partial charge in [0.1, 0.15) is 5.82 Å². The van der Waals surface area contributed by atoms with Gasteiger partial charge in [0, 0.05) is 30.4 Å². The van der Waals surface area contributed by atoms with E-state index in [2.05, 4.69) is 36.1 Å². The molecule has 1 saturated carbocycles. The Labute approximate surface area is 110 Å². The summed E-state index contributed by atoms with van der Waals surface area (Å²) in [5.74, 6) is 1.62. The zero-order chi connectivity index (χ0) is 13.0. The molecule has 100 valence electrons. The summed E-state index contributed by atoms with van der Waals surface area (Å²) in [5.41, 5.74) is 1.69. The van der Waals surface area contributed by atoms with Gasteiger partial charge in [-0.15, -0.1) is 0 Å². The first-order valence-corrected chi connectivity index (χ1v) is 7.12. The highest BCUT2D eigenvalue weighted by Gasteiger charge is 2.28. The summed E-state index contributed by atoms with van der Waals surface area (Å²) in [6, 6.07) is 0. The molecule has 1 fully saturated rings. The Morgan fingerprint density at radius 2 is 1.83 bits per heavy atom. The molecule has 1 aromatic rings. The van der Waals surface area contributed by atoms with Crippen LogP contribution in [0, 0.1) is 5.41 Å². The fourth-order valence-corrected chi connectivity index (χ4v) is 2.59. The summed E-state index contributed by atoms with van der Waals surface area (Å²) in [4.78, 5) is 9.10. The Bertz CT molecular complexity index is 360. The Hall–Kier alpha value is -0.960. The molecule has 0 amide bonds. The highest BCUT2D eigenvalue weighted by molar-refractivity contribution is 5.08. The maximum atomic E-state index is 4.55. The first-order chi connectivity index (χ1) is 8.61. The van der Waals surface area contributed by atoms with Gasteiger partial charge < -0.3 is 5.32 Å². The second-order valence-electron chi connectivity index (χ2n) is 6.17. The van der Waals surface area contributed by atoms with E-state index in [1.54, 1.807) is 0 Å². The van der Waals surface area contributed by atoms with Gasteiger partial charge in [-0.05, 0) is 37.6 Å². The van der Waals surface area contributed by atoms with E-state index in [9.17, 15) is 0 Å². The largest absolute Gasteiger partial charge is 0.313 e. The first-order valence-electron chi connectivity index (χ1n) is 7.12. The number of rotatable bonds is 4. The molecule has 0 spiro atoms. The Kier molecular flexibility index (Phi) is 4.33. The third-order valence-corrected chi connectivity index (χ3v) is 4.01. The van der Waals surface area contributed by atoms with E-state index < -0.39 is 0 Å². The maximum absolute atomic E-state index is 4.55. The molecule has 1 aliphatic carbocycles. The van der Waals surface area contributed by atoms with Crippen molar-refractivity contribution in [2.75, 3.05) is 6.54 Å². The lowest BCUT2D eigenvalue weighted by Crippen LogP contribution is -2.21. The van der Waals surface area contributed by atoms with E-state index in [-0.39, 0.29) is 0 Å². The minimum Gasteiger partial charge on any atom is -0.313 e. The van der Waals surface area contributed by atoms with Crippen LogP contribution in [0.25, 0.3) is 0 Å². The fraction of sp³-hybridized carbons (Fsp3) is 0.733. The monoisotopic (exact) mass is 247 g/mol. The third-order valence-electron chi connectivity index (χ3n) is 4.01. The number of aromatic nitrogens is 2. The summed E-state index contributed by atoms with van der Waals surface area (Å²) in [6.07, 6.45) is 9.01. The van der Waals surface area contributed by atoms with E-state index in [1.165, 1.54) is 31.2 Å².